The molecule has 0 spiro atoms. The van der Waals surface area contributed by atoms with Gasteiger partial charge in [-0.3, -0.25) is 14.9 Å². The van der Waals surface area contributed by atoms with Crippen LogP contribution in [0.1, 0.15) is 13.3 Å². The van der Waals surface area contributed by atoms with Crippen LogP contribution in [-0.2, 0) is 9.59 Å². The summed E-state index contributed by atoms with van der Waals surface area (Å²) in [6.07, 6.45) is 1.06. The second-order valence-corrected chi connectivity index (χ2v) is 3.18. The molecule has 1 heterocycles. The average Bonchev–Trinajstić information content (AvgIpc) is 1.96. The Labute approximate surface area is 76.7 Å². The van der Waals surface area contributed by atoms with Crippen molar-refractivity contribution in [2.24, 2.45) is 0 Å². The number of likely N-dealkylation sites (tertiary alicyclic amines) is 1. The molecular weight excluding hydrogens is 172 g/mol. The Kier molecular flexibility index (Phi) is 3.25. The van der Waals surface area contributed by atoms with Crippen molar-refractivity contribution < 1.29 is 14.7 Å². The number of amides is 1. The third-order valence-corrected chi connectivity index (χ3v) is 2.14. The van der Waals surface area contributed by atoms with Gasteiger partial charge in [0, 0.05) is 13.1 Å². The predicted octanol–water partition coefficient (Wildman–Crippen LogP) is -0.719. The number of carboxylic acids is 1. The number of carboxylic acid groups (broad SMARTS) is 1. The van der Waals surface area contributed by atoms with Gasteiger partial charge in [-0.25, -0.2) is 0 Å². The number of carbonyl (C=O) groups is 2. The van der Waals surface area contributed by atoms with E-state index in [1.54, 1.807) is 4.90 Å². The van der Waals surface area contributed by atoms with Crippen molar-refractivity contribution in [3.63, 3.8) is 0 Å². The van der Waals surface area contributed by atoms with Crippen molar-refractivity contribution in [1.29, 1.82) is 0 Å². The molecule has 5 heteroatoms. The van der Waals surface area contributed by atoms with Gasteiger partial charge in [-0.2, -0.15) is 0 Å². The molecular formula is C8H14N2O3. The molecule has 1 aliphatic heterocycles. The second-order valence-electron chi connectivity index (χ2n) is 3.18. The summed E-state index contributed by atoms with van der Waals surface area (Å²) >= 11 is 0. The van der Waals surface area contributed by atoms with Crippen LogP contribution in [-0.4, -0.2) is 47.6 Å². The first-order valence-corrected chi connectivity index (χ1v) is 4.35. The lowest BCUT2D eigenvalue weighted by Gasteiger charge is -2.31. The number of rotatable bonds is 4. The lowest BCUT2D eigenvalue weighted by Crippen LogP contribution is -2.48. The minimum atomic E-state index is -0.934. The molecule has 0 aromatic rings. The van der Waals surface area contributed by atoms with Crippen LogP contribution in [0, 0.1) is 0 Å². The molecule has 1 saturated heterocycles. The standard InChI is InChI=1S/C8H14N2O3/c1-6(8(12)13)9-5-7(11)10-3-2-4-10/h6,9H,2-5H2,1H3,(H,12,13). The van der Waals surface area contributed by atoms with E-state index >= 15 is 0 Å². The largest absolute Gasteiger partial charge is 0.480 e. The summed E-state index contributed by atoms with van der Waals surface area (Å²) in [5, 5.41) is 11.2. The van der Waals surface area contributed by atoms with E-state index in [-0.39, 0.29) is 12.5 Å². The number of hydrogen-bond donors (Lipinski definition) is 2. The highest BCUT2D eigenvalue weighted by Crippen LogP contribution is 2.04. The molecule has 0 saturated carbocycles. The third-order valence-electron chi connectivity index (χ3n) is 2.14. The molecule has 1 aliphatic rings. The van der Waals surface area contributed by atoms with E-state index in [2.05, 4.69) is 5.32 Å². The second kappa shape index (κ2) is 4.23. The Morgan fingerprint density at radius 2 is 2.15 bits per heavy atom. The van der Waals surface area contributed by atoms with Crippen molar-refractivity contribution in [2.45, 2.75) is 19.4 Å². The van der Waals surface area contributed by atoms with Crippen molar-refractivity contribution in [3.05, 3.63) is 0 Å². The number of aliphatic carboxylic acids is 1. The maximum atomic E-state index is 11.2. The van der Waals surface area contributed by atoms with E-state index in [0.29, 0.717) is 0 Å². The summed E-state index contributed by atoms with van der Waals surface area (Å²) in [5.74, 6) is -0.948. The quantitative estimate of drug-likeness (QED) is 0.608. The summed E-state index contributed by atoms with van der Waals surface area (Å²) in [6, 6.07) is -0.662. The molecule has 0 aromatic carbocycles. The van der Waals surface area contributed by atoms with Crippen LogP contribution >= 0.6 is 0 Å². The van der Waals surface area contributed by atoms with E-state index in [1.807, 2.05) is 0 Å². The first kappa shape index (κ1) is 9.98. The van der Waals surface area contributed by atoms with E-state index < -0.39 is 12.0 Å². The molecule has 1 atom stereocenters. The zero-order chi connectivity index (χ0) is 9.84. The fraction of sp³-hybridized carbons (Fsp3) is 0.750. The Bertz CT molecular complexity index is 213. The molecule has 1 amide bonds. The highest BCUT2D eigenvalue weighted by Gasteiger charge is 2.20. The van der Waals surface area contributed by atoms with Crippen molar-refractivity contribution in [3.8, 4) is 0 Å². The van der Waals surface area contributed by atoms with Crippen molar-refractivity contribution in [2.75, 3.05) is 19.6 Å². The molecule has 74 valence electrons. The molecule has 2 N–H and O–H groups in total. The van der Waals surface area contributed by atoms with E-state index in [0.717, 1.165) is 19.5 Å². The van der Waals surface area contributed by atoms with E-state index in [4.69, 9.17) is 5.11 Å². The number of hydrogen-bond acceptors (Lipinski definition) is 3. The molecule has 1 fully saturated rings. The Balaban J connectivity index is 2.17. The minimum absolute atomic E-state index is 0.0145. The lowest BCUT2D eigenvalue weighted by atomic mass is 10.2. The summed E-state index contributed by atoms with van der Waals surface area (Å²) in [4.78, 5) is 23.3. The smallest absolute Gasteiger partial charge is 0.320 e. The zero-order valence-electron chi connectivity index (χ0n) is 7.62. The van der Waals surface area contributed by atoms with Gasteiger partial charge in [0.25, 0.3) is 0 Å². The zero-order valence-corrected chi connectivity index (χ0v) is 7.62. The summed E-state index contributed by atoms with van der Waals surface area (Å²) in [5.41, 5.74) is 0. The molecule has 13 heavy (non-hydrogen) atoms. The molecule has 1 rings (SSSR count). The topological polar surface area (TPSA) is 69.6 Å². The van der Waals surface area contributed by atoms with Crippen molar-refractivity contribution >= 4 is 11.9 Å². The molecule has 1 unspecified atom stereocenters. The molecule has 0 aliphatic carbocycles. The highest BCUT2D eigenvalue weighted by atomic mass is 16.4. The fourth-order valence-corrected chi connectivity index (χ4v) is 1.01. The van der Waals surface area contributed by atoms with Gasteiger partial charge >= 0.3 is 5.97 Å². The first-order chi connectivity index (χ1) is 6.11. The lowest BCUT2D eigenvalue weighted by molar-refractivity contribution is -0.139. The molecule has 0 bridgehead atoms. The normalized spacial score (nSPS) is 17.8. The van der Waals surface area contributed by atoms with Gasteiger partial charge in [-0.15, -0.1) is 0 Å². The maximum absolute atomic E-state index is 11.2. The molecule has 0 radical (unpaired) electrons. The number of nitrogens with zero attached hydrogens (tertiary/aromatic N) is 1. The number of carbonyl (C=O) groups excluding carboxylic acids is 1. The van der Waals surface area contributed by atoms with Crippen LogP contribution in [0.4, 0.5) is 0 Å². The van der Waals surface area contributed by atoms with Gasteiger partial charge in [-0.05, 0) is 13.3 Å². The molecule has 5 nitrogen and oxygen atoms in total. The van der Waals surface area contributed by atoms with Crippen LogP contribution in [0.5, 0.6) is 0 Å². The van der Waals surface area contributed by atoms with Crippen LogP contribution in [0.2, 0.25) is 0 Å². The monoisotopic (exact) mass is 186 g/mol. The average molecular weight is 186 g/mol. The van der Waals surface area contributed by atoms with Gasteiger partial charge in [0.05, 0.1) is 6.54 Å². The Morgan fingerprint density at radius 1 is 1.54 bits per heavy atom. The number of nitrogens with one attached hydrogen (secondary N) is 1. The van der Waals surface area contributed by atoms with Crippen LogP contribution < -0.4 is 5.32 Å². The summed E-state index contributed by atoms with van der Waals surface area (Å²) < 4.78 is 0. The van der Waals surface area contributed by atoms with Crippen LogP contribution in [0.25, 0.3) is 0 Å². The molecule has 0 aromatic heterocycles. The van der Waals surface area contributed by atoms with Gasteiger partial charge in [0.1, 0.15) is 6.04 Å². The van der Waals surface area contributed by atoms with Crippen LogP contribution in [0.3, 0.4) is 0 Å². The van der Waals surface area contributed by atoms with Gasteiger partial charge in [0.15, 0.2) is 0 Å². The van der Waals surface area contributed by atoms with Crippen molar-refractivity contribution in [1.82, 2.24) is 10.2 Å². The highest BCUT2D eigenvalue weighted by molar-refractivity contribution is 5.80. The predicted molar refractivity (Wildman–Crippen MR) is 46.3 cm³/mol. The van der Waals surface area contributed by atoms with E-state index in [9.17, 15) is 9.59 Å². The van der Waals surface area contributed by atoms with Gasteiger partial charge in [0.2, 0.25) is 5.91 Å². The minimum Gasteiger partial charge on any atom is -0.480 e. The van der Waals surface area contributed by atoms with Crippen LogP contribution in [0.15, 0.2) is 0 Å². The third kappa shape index (κ3) is 2.69. The Morgan fingerprint density at radius 3 is 2.54 bits per heavy atom. The summed E-state index contributed by atoms with van der Waals surface area (Å²) in [7, 11) is 0. The SMILES string of the molecule is CC(NCC(=O)N1CCC1)C(=O)O. The Hall–Kier alpha value is -1.10. The summed E-state index contributed by atoms with van der Waals surface area (Å²) in [6.45, 7) is 3.25. The maximum Gasteiger partial charge on any atom is 0.320 e. The van der Waals surface area contributed by atoms with E-state index in [1.165, 1.54) is 6.92 Å². The van der Waals surface area contributed by atoms with Gasteiger partial charge < -0.3 is 10.0 Å². The fourth-order valence-electron chi connectivity index (χ4n) is 1.01. The van der Waals surface area contributed by atoms with Gasteiger partial charge in [-0.1, -0.05) is 0 Å². The first-order valence-electron chi connectivity index (χ1n) is 4.35.